The molecular weight excluding hydrogens is 266 g/mol. The third kappa shape index (κ3) is 4.85. The van der Waals surface area contributed by atoms with Crippen LogP contribution in [0.5, 0.6) is 0 Å². The molecule has 1 aromatic heterocycles. The first kappa shape index (κ1) is 15.5. The summed E-state index contributed by atoms with van der Waals surface area (Å²) < 4.78 is 0. The molecule has 5 heteroatoms. The topological polar surface area (TPSA) is 65.5 Å². The van der Waals surface area contributed by atoms with Crippen molar-refractivity contribution in [2.24, 2.45) is 5.92 Å². The smallest absolute Gasteiger partial charge is 0.269 e. The minimum absolute atomic E-state index is 0.0529. The van der Waals surface area contributed by atoms with Crippen LogP contribution in [0.25, 0.3) is 0 Å². The van der Waals surface area contributed by atoms with Crippen molar-refractivity contribution in [1.82, 2.24) is 15.2 Å². The van der Waals surface area contributed by atoms with Crippen molar-refractivity contribution in [3.8, 4) is 11.8 Å². The highest BCUT2D eigenvalue weighted by Crippen LogP contribution is 2.13. The van der Waals surface area contributed by atoms with Crippen LogP contribution in [0.2, 0.25) is 0 Å². The molecule has 1 unspecified atom stereocenters. The van der Waals surface area contributed by atoms with Gasteiger partial charge in [0.1, 0.15) is 5.69 Å². The van der Waals surface area contributed by atoms with Crippen molar-refractivity contribution in [2.45, 2.75) is 12.8 Å². The van der Waals surface area contributed by atoms with E-state index in [9.17, 15) is 4.79 Å². The Labute approximate surface area is 125 Å². The molecule has 0 aliphatic carbocycles. The Balaban J connectivity index is 1.84. The summed E-state index contributed by atoms with van der Waals surface area (Å²) in [6.07, 6.45) is 3.16. The lowest BCUT2D eigenvalue weighted by molar-refractivity contribution is 0.0942. The molecule has 0 spiro atoms. The predicted octanol–water partition coefficient (Wildman–Crippen LogP) is 0.497. The quantitative estimate of drug-likeness (QED) is 0.791. The van der Waals surface area contributed by atoms with E-state index in [4.69, 9.17) is 5.11 Å². The average molecular weight is 287 g/mol. The Hall–Kier alpha value is -1.90. The maximum absolute atomic E-state index is 12.0. The molecular formula is C16H21N3O2. The summed E-state index contributed by atoms with van der Waals surface area (Å²) in [5, 5.41) is 11.6. The number of rotatable bonds is 4. The predicted molar refractivity (Wildman–Crippen MR) is 80.8 cm³/mol. The Morgan fingerprint density at radius 2 is 2.43 bits per heavy atom. The van der Waals surface area contributed by atoms with Gasteiger partial charge in [-0.15, -0.1) is 0 Å². The largest absolute Gasteiger partial charge is 0.395 e. The van der Waals surface area contributed by atoms with E-state index in [1.807, 2.05) is 0 Å². The van der Waals surface area contributed by atoms with Gasteiger partial charge in [0.2, 0.25) is 0 Å². The summed E-state index contributed by atoms with van der Waals surface area (Å²) in [4.78, 5) is 18.4. The second-order valence-corrected chi connectivity index (χ2v) is 5.33. The number of likely N-dealkylation sites (tertiary alicyclic amines) is 1. The van der Waals surface area contributed by atoms with Gasteiger partial charge in [-0.2, -0.15) is 0 Å². The van der Waals surface area contributed by atoms with E-state index in [2.05, 4.69) is 34.1 Å². The fourth-order valence-corrected chi connectivity index (χ4v) is 2.34. The highest BCUT2D eigenvalue weighted by atomic mass is 16.2. The van der Waals surface area contributed by atoms with Gasteiger partial charge in [-0.3, -0.25) is 4.79 Å². The van der Waals surface area contributed by atoms with Crippen molar-refractivity contribution < 1.29 is 9.90 Å². The van der Waals surface area contributed by atoms with Crippen LogP contribution in [0.4, 0.5) is 0 Å². The van der Waals surface area contributed by atoms with E-state index in [-0.39, 0.29) is 12.5 Å². The van der Waals surface area contributed by atoms with Gasteiger partial charge in [0.15, 0.2) is 0 Å². The fraction of sp³-hybridized carbons (Fsp3) is 0.500. The van der Waals surface area contributed by atoms with Crippen LogP contribution in [0.15, 0.2) is 18.3 Å². The molecule has 2 N–H and O–H groups in total. The summed E-state index contributed by atoms with van der Waals surface area (Å²) in [6, 6.07) is 3.45. The van der Waals surface area contributed by atoms with Gasteiger partial charge in [0, 0.05) is 31.3 Å². The van der Waals surface area contributed by atoms with Gasteiger partial charge in [0.05, 0.1) is 6.61 Å². The molecule has 5 nitrogen and oxygen atoms in total. The summed E-state index contributed by atoms with van der Waals surface area (Å²) in [7, 11) is 2.10. The molecule has 0 saturated carbocycles. The molecule has 21 heavy (non-hydrogen) atoms. The van der Waals surface area contributed by atoms with Crippen LogP contribution in [0.1, 0.15) is 28.9 Å². The molecule has 1 aromatic rings. The minimum Gasteiger partial charge on any atom is -0.395 e. The first-order valence-electron chi connectivity index (χ1n) is 7.21. The highest BCUT2D eigenvalue weighted by molar-refractivity contribution is 5.92. The van der Waals surface area contributed by atoms with Crippen LogP contribution in [0, 0.1) is 17.8 Å². The molecule has 1 amide bonds. The van der Waals surface area contributed by atoms with Crippen molar-refractivity contribution in [3.05, 3.63) is 29.6 Å². The standard InChI is InChI=1S/C16H21N3O2/c1-19-8-7-14(12-19)11-18-16(21)15-6-5-13(10-17-15)4-2-3-9-20/h5-6,10,14,20H,3,7-9,11-12H2,1H3,(H,18,21). The summed E-state index contributed by atoms with van der Waals surface area (Å²) >= 11 is 0. The monoisotopic (exact) mass is 287 g/mol. The minimum atomic E-state index is -0.139. The van der Waals surface area contributed by atoms with Crippen molar-refractivity contribution in [3.63, 3.8) is 0 Å². The lowest BCUT2D eigenvalue weighted by atomic mass is 10.1. The Morgan fingerprint density at radius 1 is 1.57 bits per heavy atom. The lowest BCUT2D eigenvalue weighted by Gasteiger charge is -2.11. The molecule has 1 fully saturated rings. The SMILES string of the molecule is CN1CCC(CNC(=O)c2ccc(C#CCCO)cn2)C1. The number of hydrogen-bond donors (Lipinski definition) is 2. The first-order chi connectivity index (χ1) is 10.2. The van der Waals surface area contributed by atoms with E-state index in [0.29, 0.717) is 24.6 Å². The van der Waals surface area contributed by atoms with E-state index < -0.39 is 0 Å². The molecule has 0 bridgehead atoms. The van der Waals surface area contributed by atoms with Gasteiger partial charge in [-0.25, -0.2) is 4.98 Å². The molecule has 1 atom stereocenters. The third-order valence-corrected chi connectivity index (χ3v) is 3.51. The van der Waals surface area contributed by atoms with Gasteiger partial charge < -0.3 is 15.3 Å². The van der Waals surface area contributed by atoms with Crippen molar-refractivity contribution in [1.29, 1.82) is 0 Å². The number of carbonyl (C=O) groups is 1. The molecule has 0 aromatic carbocycles. The highest BCUT2D eigenvalue weighted by Gasteiger charge is 2.20. The van der Waals surface area contributed by atoms with Crippen molar-refractivity contribution in [2.75, 3.05) is 33.3 Å². The number of pyridine rings is 1. The molecule has 2 heterocycles. The number of amides is 1. The third-order valence-electron chi connectivity index (χ3n) is 3.51. The Kier molecular flexibility index (Phi) is 5.73. The van der Waals surface area contributed by atoms with Crippen molar-refractivity contribution >= 4 is 5.91 Å². The Morgan fingerprint density at radius 3 is 3.05 bits per heavy atom. The molecule has 112 valence electrons. The van der Waals surface area contributed by atoms with Crippen LogP contribution in [-0.2, 0) is 0 Å². The fourth-order valence-electron chi connectivity index (χ4n) is 2.34. The molecule has 1 saturated heterocycles. The summed E-state index contributed by atoms with van der Waals surface area (Å²) in [6.45, 7) is 2.88. The molecule has 1 aliphatic heterocycles. The number of hydrogen-bond acceptors (Lipinski definition) is 4. The maximum atomic E-state index is 12.0. The zero-order chi connectivity index (χ0) is 15.1. The average Bonchev–Trinajstić information content (AvgIpc) is 2.91. The summed E-state index contributed by atoms with van der Waals surface area (Å²) in [5.74, 6) is 6.10. The molecule has 1 aliphatic rings. The first-order valence-corrected chi connectivity index (χ1v) is 7.21. The van der Waals surface area contributed by atoms with Crippen LogP contribution in [0.3, 0.4) is 0 Å². The molecule has 2 rings (SSSR count). The normalized spacial score (nSPS) is 18.1. The second-order valence-electron chi connectivity index (χ2n) is 5.33. The molecule has 0 radical (unpaired) electrons. The number of nitrogens with one attached hydrogen (secondary N) is 1. The number of aliphatic hydroxyl groups excluding tert-OH is 1. The number of aliphatic hydroxyl groups is 1. The van der Waals surface area contributed by atoms with Crippen LogP contribution < -0.4 is 5.32 Å². The van der Waals surface area contributed by atoms with Gasteiger partial charge >= 0.3 is 0 Å². The number of aromatic nitrogens is 1. The van der Waals surface area contributed by atoms with Crippen LogP contribution >= 0.6 is 0 Å². The van der Waals surface area contributed by atoms with Gasteiger partial charge in [0.25, 0.3) is 5.91 Å². The zero-order valence-corrected chi connectivity index (χ0v) is 12.3. The number of nitrogens with zero attached hydrogens (tertiary/aromatic N) is 2. The van der Waals surface area contributed by atoms with Crippen LogP contribution in [-0.4, -0.2) is 54.2 Å². The summed E-state index contributed by atoms with van der Waals surface area (Å²) in [5.41, 5.74) is 1.16. The van der Waals surface area contributed by atoms with Gasteiger partial charge in [-0.1, -0.05) is 11.8 Å². The van der Waals surface area contributed by atoms with E-state index in [1.165, 1.54) is 0 Å². The number of carbonyl (C=O) groups excluding carboxylic acids is 1. The van der Waals surface area contributed by atoms with E-state index in [0.717, 1.165) is 25.1 Å². The van der Waals surface area contributed by atoms with E-state index >= 15 is 0 Å². The van der Waals surface area contributed by atoms with E-state index in [1.54, 1.807) is 18.3 Å². The van der Waals surface area contributed by atoms with Gasteiger partial charge in [-0.05, 0) is 38.1 Å². The zero-order valence-electron chi connectivity index (χ0n) is 12.3. The Bertz CT molecular complexity index is 531. The maximum Gasteiger partial charge on any atom is 0.269 e. The lowest BCUT2D eigenvalue weighted by Crippen LogP contribution is -2.31. The second kappa shape index (κ2) is 7.77.